The van der Waals surface area contributed by atoms with Crippen molar-refractivity contribution in [2.24, 2.45) is 0 Å². The molecule has 0 aliphatic carbocycles. The first kappa shape index (κ1) is 13.7. The maximum absolute atomic E-state index is 12.7. The van der Waals surface area contributed by atoms with Gasteiger partial charge in [0.25, 0.3) is 5.56 Å². The second-order valence-corrected chi connectivity index (χ2v) is 5.68. The molecule has 0 saturated heterocycles. The Bertz CT molecular complexity index is 962. The molecule has 1 atom stereocenters. The Labute approximate surface area is 132 Å². The normalized spacial score (nSPS) is 17.4. The lowest BCUT2D eigenvalue weighted by atomic mass is 10.1. The van der Waals surface area contributed by atoms with Gasteiger partial charge in [0.15, 0.2) is 0 Å². The fraction of sp³-hybridized carbons (Fsp3) is 0.167. The highest BCUT2D eigenvalue weighted by Crippen LogP contribution is 2.26. The number of nitrogens with zero attached hydrogens (tertiary/aromatic N) is 2. The molecule has 5 nitrogen and oxygen atoms in total. The van der Waals surface area contributed by atoms with Crippen molar-refractivity contribution in [3.05, 3.63) is 70.8 Å². The third-order valence-electron chi connectivity index (χ3n) is 4.29. The summed E-state index contributed by atoms with van der Waals surface area (Å²) in [4.78, 5) is 29.6. The van der Waals surface area contributed by atoms with Gasteiger partial charge in [-0.15, -0.1) is 0 Å². The smallest absolute Gasteiger partial charge is 0.261 e. The Balaban J connectivity index is 1.78. The van der Waals surface area contributed by atoms with Gasteiger partial charge in [-0.05, 0) is 36.6 Å². The monoisotopic (exact) mass is 305 g/mol. The SMILES string of the molecule is O=C1Nc2ccccc2CCC1n1cnc2ccccc2c1=O. The summed E-state index contributed by atoms with van der Waals surface area (Å²) in [5, 5.41) is 3.45. The topological polar surface area (TPSA) is 64.0 Å². The Morgan fingerprint density at radius 3 is 2.74 bits per heavy atom. The summed E-state index contributed by atoms with van der Waals surface area (Å²) in [5.41, 5.74) is 2.37. The van der Waals surface area contributed by atoms with Crippen LogP contribution >= 0.6 is 0 Å². The lowest BCUT2D eigenvalue weighted by Crippen LogP contribution is -2.32. The molecular weight excluding hydrogens is 290 g/mol. The Morgan fingerprint density at radius 2 is 1.83 bits per heavy atom. The first-order valence-electron chi connectivity index (χ1n) is 7.59. The number of carbonyl (C=O) groups excluding carboxylic acids is 1. The Hall–Kier alpha value is -2.95. The summed E-state index contributed by atoms with van der Waals surface area (Å²) in [6, 6.07) is 14.4. The van der Waals surface area contributed by atoms with Gasteiger partial charge in [0.05, 0.1) is 17.2 Å². The Kier molecular flexibility index (Phi) is 3.19. The summed E-state index contributed by atoms with van der Waals surface area (Å²) >= 11 is 0. The molecule has 3 aromatic rings. The summed E-state index contributed by atoms with van der Waals surface area (Å²) in [5.74, 6) is -0.172. The minimum absolute atomic E-state index is 0.172. The lowest BCUT2D eigenvalue weighted by Gasteiger charge is -2.16. The first-order valence-corrected chi connectivity index (χ1v) is 7.59. The van der Waals surface area contributed by atoms with Crippen molar-refractivity contribution in [1.82, 2.24) is 9.55 Å². The average molecular weight is 305 g/mol. The third kappa shape index (κ3) is 2.30. The van der Waals surface area contributed by atoms with Gasteiger partial charge in [-0.2, -0.15) is 0 Å². The number of amides is 1. The van der Waals surface area contributed by atoms with Gasteiger partial charge in [-0.1, -0.05) is 30.3 Å². The number of hydrogen-bond donors (Lipinski definition) is 1. The van der Waals surface area contributed by atoms with E-state index in [2.05, 4.69) is 10.3 Å². The highest BCUT2D eigenvalue weighted by atomic mass is 16.2. The molecule has 0 spiro atoms. The van der Waals surface area contributed by atoms with Gasteiger partial charge < -0.3 is 5.32 Å². The van der Waals surface area contributed by atoms with E-state index in [0.717, 1.165) is 17.7 Å². The van der Waals surface area contributed by atoms with E-state index in [1.165, 1.54) is 10.9 Å². The molecule has 1 aliphatic rings. The van der Waals surface area contributed by atoms with Gasteiger partial charge >= 0.3 is 0 Å². The highest BCUT2D eigenvalue weighted by Gasteiger charge is 2.26. The number of para-hydroxylation sites is 2. The van der Waals surface area contributed by atoms with Crippen molar-refractivity contribution in [1.29, 1.82) is 0 Å². The van der Waals surface area contributed by atoms with Crippen LogP contribution in [0.15, 0.2) is 59.7 Å². The number of aromatic nitrogens is 2. The predicted octanol–water partition coefficient (Wildman–Crippen LogP) is 2.52. The van der Waals surface area contributed by atoms with Gasteiger partial charge in [0.1, 0.15) is 6.04 Å². The van der Waals surface area contributed by atoms with E-state index in [1.54, 1.807) is 18.2 Å². The van der Waals surface area contributed by atoms with Crippen molar-refractivity contribution >= 4 is 22.5 Å². The molecule has 5 heteroatoms. The zero-order valence-corrected chi connectivity index (χ0v) is 12.4. The zero-order chi connectivity index (χ0) is 15.8. The van der Waals surface area contributed by atoms with E-state index < -0.39 is 6.04 Å². The average Bonchev–Trinajstić information content (AvgIpc) is 2.74. The number of rotatable bonds is 1. The van der Waals surface area contributed by atoms with Crippen molar-refractivity contribution < 1.29 is 4.79 Å². The molecule has 23 heavy (non-hydrogen) atoms. The van der Waals surface area contributed by atoms with Crippen LogP contribution in [0.2, 0.25) is 0 Å². The van der Waals surface area contributed by atoms with Gasteiger partial charge in [-0.25, -0.2) is 4.98 Å². The van der Waals surface area contributed by atoms with Crippen molar-refractivity contribution in [2.45, 2.75) is 18.9 Å². The standard InChI is InChI=1S/C18H15N3O2/c22-17-16(10-9-12-5-1-3-7-14(12)20-17)21-11-19-15-8-4-2-6-13(15)18(21)23/h1-8,11,16H,9-10H2,(H,20,22). The molecule has 1 unspecified atom stereocenters. The number of hydrogen-bond acceptors (Lipinski definition) is 3. The Morgan fingerprint density at radius 1 is 1.04 bits per heavy atom. The third-order valence-corrected chi connectivity index (χ3v) is 4.29. The van der Waals surface area contributed by atoms with Gasteiger partial charge in [0.2, 0.25) is 5.91 Å². The fourth-order valence-corrected chi connectivity index (χ4v) is 3.07. The molecule has 2 aromatic carbocycles. The lowest BCUT2D eigenvalue weighted by molar-refractivity contribution is -0.119. The summed E-state index contributed by atoms with van der Waals surface area (Å²) in [7, 11) is 0. The maximum atomic E-state index is 12.7. The first-order chi connectivity index (χ1) is 11.2. The van der Waals surface area contributed by atoms with Crippen LogP contribution in [0.4, 0.5) is 5.69 Å². The molecule has 4 rings (SSSR count). The van der Waals surface area contributed by atoms with Crippen LogP contribution in [-0.4, -0.2) is 15.5 Å². The molecule has 114 valence electrons. The molecule has 1 aromatic heterocycles. The molecule has 0 fully saturated rings. The number of carbonyl (C=O) groups is 1. The quantitative estimate of drug-likeness (QED) is 0.751. The molecule has 1 aliphatic heterocycles. The predicted molar refractivity (Wildman–Crippen MR) is 88.4 cm³/mol. The molecular formula is C18H15N3O2. The van der Waals surface area contributed by atoms with E-state index in [1.807, 2.05) is 30.3 Å². The highest BCUT2D eigenvalue weighted by molar-refractivity contribution is 5.95. The number of aryl methyl sites for hydroxylation is 1. The molecule has 2 heterocycles. The van der Waals surface area contributed by atoms with Crippen LogP contribution in [0, 0.1) is 0 Å². The summed E-state index contributed by atoms with van der Waals surface area (Å²) in [6.45, 7) is 0. The van der Waals surface area contributed by atoms with Crippen LogP contribution in [0.3, 0.4) is 0 Å². The van der Waals surface area contributed by atoms with Crippen LogP contribution in [0.25, 0.3) is 10.9 Å². The molecule has 0 saturated carbocycles. The molecule has 1 N–H and O–H groups in total. The van der Waals surface area contributed by atoms with Crippen LogP contribution in [0.1, 0.15) is 18.0 Å². The largest absolute Gasteiger partial charge is 0.324 e. The summed E-state index contributed by atoms with van der Waals surface area (Å²) < 4.78 is 1.45. The maximum Gasteiger partial charge on any atom is 0.261 e. The van der Waals surface area contributed by atoms with Crippen LogP contribution < -0.4 is 10.9 Å². The minimum atomic E-state index is -0.549. The van der Waals surface area contributed by atoms with E-state index in [9.17, 15) is 9.59 Å². The van der Waals surface area contributed by atoms with Crippen LogP contribution in [0.5, 0.6) is 0 Å². The van der Waals surface area contributed by atoms with E-state index in [0.29, 0.717) is 17.3 Å². The fourth-order valence-electron chi connectivity index (χ4n) is 3.07. The minimum Gasteiger partial charge on any atom is -0.324 e. The van der Waals surface area contributed by atoms with Crippen LogP contribution in [-0.2, 0) is 11.2 Å². The number of nitrogens with one attached hydrogen (secondary N) is 1. The number of benzene rings is 2. The molecule has 1 amide bonds. The van der Waals surface area contributed by atoms with E-state index in [-0.39, 0.29) is 11.5 Å². The summed E-state index contributed by atoms with van der Waals surface area (Å²) in [6.07, 6.45) is 2.78. The van der Waals surface area contributed by atoms with Crippen molar-refractivity contribution in [3.8, 4) is 0 Å². The second kappa shape index (κ2) is 5.35. The van der Waals surface area contributed by atoms with Gasteiger partial charge in [-0.3, -0.25) is 14.2 Å². The number of fused-ring (bicyclic) bond motifs is 2. The van der Waals surface area contributed by atoms with Crippen molar-refractivity contribution in [3.63, 3.8) is 0 Å². The second-order valence-electron chi connectivity index (χ2n) is 5.68. The molecule has 0 radical (unpaired) electrons. The van der Waals surface area contributed by atoms with E-state index in [4.69, 9.17) is 0 Å². The molecule has 0 bridgehead atoms. The van der Waals surface area contributed by atoms with E-state index >= 15 is 0 Å². The van der Waals surface area contributed by atoms with Crippen molar-refractivity contribution in [2.75, 3.05) is 5.32 Å². The number of anilines is 1. The van der Waals surface area contributed by atoms with Gasteiger partial charge in [0, 0.05) is 5.69 Å². The zero-order valence-electron chi connectivity index (χ0n) is 12.4.